The Hall–Kier alpha value is -3.45. The van der Waals surface area contributed by atoms with Crippen LogP contribution in [-0.4, -0.2) is 16.7 Å². The molecule has 0 unspecified atom stereocenters. The molecule has 1 fully saturated rings. The Morgan fingerprint density at radius 2 is 1.85 bits per heavy atom. The number of hydrogen-bond donors (Lipinski definition) is 2. The molecule has 0 aromatic heterocycles. The number of carbonyl (C=O) groups is 1. The van der Waals surface area contributed by atoms with Gasteiger partial charge in [-0.05, 0) is 75.0 Å². The van der Waals surface area contributed by atoms with Gasteiger partial charge >= 0.3 is 0 Å². The van der Waals surface area contributed by atoms with Crippen LogP contribution in [0.1, 0.15) is 29.7 Å². The Morgan fingerprint density at radius 3 is 2.58 bits per heavy atom. The standard InChI is InChI=1S/C26H24FN3O2S/c1-15-8-13-20(16(2)14-15)28-24(31)22-23-19-6-4-5-7-21(19)32-26(22,3)30(25(33)29-23)18-11-9-17(27)10-12-18/h4-14,22-23H,1-3H3,(H,28,31)(H,29,33)/t22-,23+,26-/m0/s1. The van der Waals surface area contributed by atoms with Crippen LogP contribution in [0.25, 0.3) is 0 Å². The number of para-hydroxylation sites is 1. The molecule has 2 bridgehead atoms. The number of carbonyl (C=O) groups excluding carboxylic acids is 1. The topological polar surface area (TPSA) is 53.6 Å². The lowest BCUT2D eigenvalue weighted by Crippen LogP contribution is -2.72. The normalized spacial score (nSPS) is 23.3. The second-order valence-corrected chi connectivity index (χ2v) is 9.11. The van der Waals surface area contributed by atoms with Gasteiger partial charge in [-0.15, -0.1) is 0 Å². The molecule has 0 radical (unpaired) electrons. The van der Waals surface area contributed by atoms with Gasteiger partial charge in [0.1, 0.15) is 17.5 Å². The number of hydrogen-bond acceptors (Lipinski definition) is 3. The number of nitrogens with one attached hydrogen (secondary N) is 2. The first-order valence-electron chi connectivity index (χ1n) is 10.8. The van der Waals surface area contributed by atoms with Gasteiger partial charge in [-0.3, -0.25) is 9.69 Å². The monoisotopic (exact) mass is 461 g/mol. The van der Waals surface area contributed by atoms with Gasteiger partial charge in [0.25, 0.3) is 0 Å². The number of fused-ring (bicyclic) bond motifs is 4. The van der Waals surface area contributed by atoms with E-state index in [1.807, 2.05) is 63.2 Å². The molecule has 2 aliphatic heterocycles. The minimum absolute atomic E-state index is 0.189. The van der Waals surface area contributed by atoms with Crippen LogP contribution in [0, 0.1) is 25.6 Å². The number of anilines is 2. The van der Waals surface area contributed by atoms with E-state index in [4.69, 9.17) is 17.0 Å². The minimum atomic E-state index is -1.14. The maximum Gasteiger partial charge on any atom is 0.236 e. The van der Waals surface area contributed by atoms with E-state index in [-0.39, 0.29) is 17.8 Å². The summed E-state index contributed by atoms with van der Waals surface area (Å²) >= 11 is 5.71. The average Bonchev–Trinajstić information content (AvgIpc) is 2.76. The molecule has 168 valence electrons. The van der Waals surface area contributed by atoms with Crippen LogP contribution in [0.4, 0.5) is 15.8 Å². The number of halogens is 1. The van der Waals surface area contributed by atoms with Gasteiger partial charge in [0.15, 0.2) is 10.8 Å². The van der Waals surface area contributed by atoms with Crippen molar-refractivity contribution >= 4 is 34.6 Å². The number of aryl methyl sites for hydroxylation is 2. The highest BCUT2D eigenvalue weighted by Gasteiger charge is 2.59. The summed E-state index contributed by atoms with van der Waals surface area (Å²) in [6, 6.07) is 19.2. The molecule has 33 heavy (non-hydrogen) atoms. The molecule has 3 aromatic rings. The van der Waals surface area contributed by atoms with Crippen LogP contribution >= 0.6 is 12.2 Å². The second-order valence-electron chi connectivity index (χ2n) is 8.72. The maximum atomic E-state index is 13.8. The van der Waals surface area contributed by atoms with E-state index in [0.29, 0.717) is 16.5 Å². The highest BCUT2D eigenvalue weighted by Crippen LogP contribution is 2.49. The largest absolute Gasteiger partial charge is 0.467 e. The van der Waals surface area contributed by atoms with E-state index in [2.05, 4.69) is 10.6 Å². The Kier molecular flexibility index (Phi) is 5.09. The fraction of sp³-hybridized carbons (Fsp3) is 0.231. The number of thiocarbonyl (C=S) groups is 1. The summed E-state index contributed by atoms with van der Waals surface area (Å²) < 4.78 is 20.2. The molecule has 0 spiro atoms. The van der Waals surface area contributed by atoms with Crippen LogP contribution in [0.3, 0.4) is 0 Å². The molecule has 2 N–H and O–H groups in total. The van der Waals surface area contributed by atoms with Crippen molar-refractivity contribution in [1.29, 1.82) is 0 Å². The molecule has 7 heteroatoms. The number of nitrogens with zero attached hydrogens (tertiary/aromatic N) is 1. The number of rotatable bonds is 3. The highest BCUT2D eigenvalue weighted by atomic mass is 32.1. The summed E-state index contributed by atoms with van der Waals surface area (Å²) in [5.41, 5.74) is 3.23. The quantitative estimate of drug-likeness (QED) is 0.523. The second kappa shape index (κ2) is 7.85. The van der Waals surface area contributed by atoms with Gasteiger partial charge in [-0.1, -0.05) is 35.9 Å². The van der Waals surface area contributed by atoms with Gasteiger partial charge in [0, 0.05) is 16.9 Å². The molecule has 3 aromatic carbocycles. The Bertz CT molecular complexity index is 1260. The molecule has 0 saturated carbocycles. The summed E-state index contributed by atoms with van der Waals surface area (Å²) in [7, 11) is 0. The zero-order valence-corrected chi connectivity index (χ0v) is 19.4. The van der Waals surface area contributed by atoms with E-state index in [9.17, 15) is 9.18 Å². The van der Waals surface area contributed by atoms with Crippen molar-refractivity contribution in [2.24, 2.45) is 5.92 Å². The van der Waals surface area contributed by atoms with Crippen molar-refractivity contribution in [3.8, 4) is 5.75 Å². The van der Waals surface area contributed by atoms with Crippen molar-refractivity contribution in [2.75, 3.05) is 10.2 Å². The van der Waals surface area contributed by atoms with Crippen molar-refractivity contribution in [3.63, 3.8) is 0 Å². The molecule has 2 heterocycles. The van der Waals surface area contributed by atoms with Gasteiger partial charge < -0.3 is 15.4 Å². The molecular weight excluding hydrogens is 437 g/mol. The zero-order chi connectivity index (χ0) is 23.3. The lowest BCUT2D eigenvalue weighted by atomic mass is 9.78. The summed E-state index contributed by atoms with van der Waals surface area (Å²) in [6.07, 6.45) is 0. The van der Waals surface area contributed by atoms with E-state index < -0.39 is 11.6 Å². The highest BCUT2D eigenvalue weighted by molar-refractivity contribution is 7.80. The fourth-order valence-electron chi connectivity index (χ4n) is 4.87. The molecule has 1 amide bonds. The van der Waals surface area contributed by atoms with Crippen LogP contribution in [-0.2, 0) is 4.79 Å². The van der Waals surface area contributed by atoms with E-state index >= 15 is 0 Å². The third kappa shape index (κ3) is 3.53. The molecule has 0 aliphatic carbocycles. The first kappa shape index (κ1) is 21.4. The first-order chi connectivity index (χ1) is 15.8. The van der Waals surface area contributed by atoms with Crippen molar-refractivity contribution in [2.45, 2.75) is 32.5 Å². The molecule has 5 nitrogen and oxygen atoms in total. The Morgan fingerprint density at radius 1 is 1.12 bits per heavy atom. The number of benzene rings is 3. The molecular formula is C26H24FN3O2S. The predicted molar refractivity (Wildman–Crippen MR) is 131 cm³/mol. The Labute approximate surface area is 197 Å². The third-order valence-electron chi connectivity index (χ3n) is 6.41. The lowest BCUT2D eigenvalue weighted by molar-refractivity contribution is -0.130. The molecule has 5 rings (SSSR count). The van der Waals surface area contributed by atoms with Crippen molar-refractivity contribution in [3.05, 3.63) is 89.2 Å². The predicted octanol–water partition coefficient (Wildman–Crippen LogP) is 5.24. The maximum absolute atomic E-state index is 13.8. The third-order valence-corrected chi connectivity index (χ3v) is 6.71. The van der Waals surface area contributed by atoms with Gasteiger partial charge in [-0.25, -0.2) is 4.39 Å². The van der Waals surface area contributed by atoms with Crippen molar-refractivity contribution < 1.29 is 13.9 Å². The summed E-state index contributed by atoms with van der Waals surface area (Å²) in [5, 5.41) is 6.87. The van der Waals surface area contributed by atoms with Crippen LogP contribution < -0.4 is 20.3 Å². The van der Waals surface area contributed by atoms with E-state index in [1.54, 1.807) is 17.0 Å². The number of amides is 1. The number of ether oxygens (including phenoxy) is 1. The molecule has 2 aliphatic rings. The van der Waals surface area contributed by atoms with E-state index in [1.165, 1.54) is 12.1 Å². The first-order valence-corrected chi connectivity index (χ1v) is 11.2. The Balaban J connectivity index is 1.61. The van der Waals surface area contributed by atoms with Crippen molar-refractivity contribution in [1.82, 2.24) is 5.32 Å². The average molecular weight is 462 g/mol. The van der Waals surface area contributed by atoms with Gasteiger partial charge in [-0.2, -0.15) is 0 Å². The zero-order valence-electron chi connectivity index (χ0n) is 18.6. The lowest BCUT2D eigenvalue weighted by Gasteiger charge is -2.56. The summed E-state index contributed by atoms with van der Waals surface area (Å²) in [4.78, 5) is 15.6. The molecule has 3 atom stereocenters. The molecule has 1 saturated heterocycles. The van der Waals surface area contributed by atoms with Crippen LogP contribution in [0.5, 0.6) is 5.75 Å². The summed E-state index contributed by atoms with van der Waals surface area (Å²) in [5.74, 6) is -0.504. The smallest absolute Gasteiger partial charge is 0.236 e. The van der Waals surface area contributed by atoms with Crippen LogP contribution in [0.15, 0.2) is 66.7 Å². The fourth-order valence-corrected chi connectivity index (χ4v) is 5.29. The van der Waals surface area contributed by atoms with E-state index in [0.717, 1.165) is 22.4 Å². The van der Waals surface area contributed by atoms with Crippen LogP contribution in [0.2, 0.25) is 0 Å². The van der Waals surface area contributed by atoms with Gasteiger partial charge in [0.2, 0.25) is 5.91 Å². The summed E-state index contributed by atoms with van der Waals surface area (Å²) in [6.45, 7) is 5.84. The SMILES string of the molecule is Cc1ccc(NC(=O)[C@@H]2[C@@H]3NC(=S)N(c4ccc(F)cc4)[C@@]2(C)Oc2ccccc23)c(C)c1. The van der Waals surface area contributed by atoms with Gasteiger partial charge in [0.05, 0.1) is 6.04 Å². The minimum Gasteiger partial charge on any atom is -0.467 e.